The SMILES string of the molecule is COc1ccc(C(Nc2ccccc2)C(=O)c2ccc(Br)cc2)cc1. The first kappa shape index (κ1) is 17.2. The van der Waals surface area contributed by atoms with E-state index in [0.717, 1.165) is 21.5 Å². The van der Waals surface area contributed by atoms with Crippen LogP contribution in [-0.2, 0) is 0 Å². The maximum absolute atomic E-state index is 13.1. The second-order valence-electron chi connectivity index (χ2n) is 5.59. The minimum Gasteiger partial charge on any atom is -0.497 e. The minimum atomic E-state index is -0.477. The molecule has 0 saturated heterocycles. The van der Waals surface area contributed by atoms with Crippen LogP contribution in [0, 0.1) is 0 Å². The predicted molar refractivity (Wildman–Crippen MR) is 104 cm³/mol. The molecule has 0 aliphatic heterocycles. The molecule has 1 atom stereocenters. The van der Waals surface area contributed by atoms with Crippen molar-refractivity contribution in [2.75, 3.05) is 12.4 Å². The third kappa shape index (κ3) is 4.28. The fourth-order valence-electron chi connectivity index (χ4n) is 2.58. The van der Waals surface area contributed by atoms with Crippen molar-refractivity contribution in [3.8, 4) is 5.75 Å². The Morgan fingerprint density at radius 3 is 2.16 bits per heavy atom. The second kappa shape index (κ2) is 7.99. The predicted octanol–water partition coefficient (Wildman–Crippen LogP) is 5.49. The Balaban J connectivity index is 1.95. The van der Waals surface area contributed by atoms with E-state index in [1.807, 2.05) is 78.9 Å². The maximum atomic E-state index is 13.1. The minimum absolute atomic E-state index is 0.0153. The molecule has 3 nitrogen and oxygen atoms in total. The largest absolute Gasteiger partial charge is 0.497 e. The van der Waals surface area contributed by atoms with E-state index >= 15 is 0 Å². The molecule has 3 aromatic rings. The summed E-state index contributed by atoms with van der Waals surface area (Å²) in [6.07, 6.45) is 0. The summed E-state index contributed by atoms with van der Waals surface area (Å²) in [5, 5.41) is 3.34. The fourth-order valence-corrected chi connectivity index (χ4v) is 2.84. The Kier molecular flexibility index (Phi) is 5.51. The quantitative estimate of drug-likeness (QED) is 0.560. The monoisotopic (exact) mass is 395 g/mol. The normalized spacial score (nSPS) is 11.6. The molecule has 0 saturated carbocycles. The number of methoxy groups -OCH3 is 1. The van der Waals surface area contributed by atoms with E-state index in [9.17, 15) is 4.79 Å². The van der Waals surface area contributed by atoms with Gasteiger partial charge in [-0.15, -0.1) is 0 Å². The van der Waals surface area contributed by atoms with Gasteiger partial charge < -0.3 is 10.1 Å². The number of anilines is 1. The molecule has 0 heterocycles. The van der Waals surface area contributed by atoms with Gasteiger partial charge in [0.2, 0.25) is 0 Å². The van der Waals surface area contributed by atoms with E-state index in [1.54, 1.807) is 7.11 Å². The van der Waals surface area contributed by atoms with E-state index < -0.39 is 6.04 Å². The fraction of sp³-hybridized carbons (Fsp3) is 0.0952. The van der Waals surface area contributed by atoms with E-state index in [0.29, 0.717) is 5.56 Å². The molecular weight excluding hydrogens is 378 g/mol. The number of carbonyl (C=O) groups excluding carboxylic acids is 1. The second-order valence-corrected chi connectivity index (χ2v) is 6.50. The van der Waals surface area contributed by atoms with Crippen molar-refractivity contribution in [2.45, 2.75) is 6.04 Å². The lowest BCUT2D eigenvalue weighted by molar-refractivity contribution is 0.0969. The molecule has 1 unspecified atom stereocenters. The van der Waals surface area contributed by atoms with Gasteiger partial charge >= 0.3 is 0 Å². The molecule has 3 rings (SSSR count). The highest BCUT2D eigenvalue weighted by Gasteiger charge is 2.22. The number of ketones is 1. The first-order valence-electron chi connectivity index (χ1n) is 7.92. The third-order valence-electron chi connectivity index (χ3n) is 3.92. The van der Waals surface area contributed by atoms with Gasteiger partial charge in [0, 0.05) is 15.7 Å². The topological polar surface area (TPSA) is 38.3 Å². The number of halogens is 1. The van der Waals surface area contributed by atoms with E-state index in [1.165, 1.54) is 0 Å². The van der Waals surface area contributed by atoms with Crippen molar-refractivity contribution in [1.29, 1.82) is 0 Å². The molecule has 3 aromatic carbocycles. The van der Waals surface area contributed by atoms with Crippen LogP contribution in [0.2, 0.25) is 0 Å². The lowest BCUT2D eigenvalue weighted by atomic mass is 9.97. The highest BCUT2D eigenvalue weighted by molar-refractivity contribution is 9.10. The lowest BCUT2D eigenvalue weighted by Crippen LogP contribution is -2.21. The van der Waals surface area contributed by atoms with Crippen LogP contribution in [0.4, 0.5) is 5.69 Å². The van der Waals surface area contributed by atoms with Crippen LogP contribution in [0.5, 0.6) is 5.75 Å². The summed E-state index contributed by atoms with van der Waals surface area (Å²) in [6, 6.07) is 24.2. The average Bonchev–Trinajstić information content (AvgIpc) is 2.67. The van der Waals surface area contributed by atoms with E-state index in [-0.39, 0.29) is 5.78 Å². The Bertz CT molecular complexity index is 830. The van der Waals surface area contributed by atoms with Gasteiger partial charge in [-0.05, 0) is 42.0 Å². The van der Waals surface area contributed by atoms with Crippen LogP contribution in [0.1, 0.15) is 22.0 Å². The van der Waals surface area contributed by atoms with Crippen LogP contribution in [0.25, 0.3) is 0 Å². The molecule has 0 amide bonds. The Morgan fingerprint density at radius 2 is 1.56 bits per heavy atom. The summed E-state index contributed by atoms with van der Waals surface area (Å²) >= 11 is 3.41. The van der Waals surface area contributed by atoms with E-state index in [4.69, 9.17) is 4.74 Å². The summed E-state index contributed by atoms with van der Waals surface area (Å²) in [4.78, 5) is 13.1. The van der Waals surface area contributed by atoms with Gasteiger partial charge in [0.1, 0.15) is 11.8 Å². The molecule has 0 fully saturated rings. The Labute approximate surface area is 155 Å². The van der Waals surface area contributed by atoms with Crippen molar-refractivity contribution < 1.29 is 9.53 Å². The number of rotatable bonds is 6. The number of carbonyl (C=O) groups is 1. The van der Waals surface area contributed by atoms with Gasteiger partial charge in [0.05, 0.1) is 7.11 Å². The highest BCUT2D eigenvalue weighted by atomic mass is 79.9. The number of Topliss-reactive ketones (excluding diaryl/α,β-unsaturated/α-hetero) is 1. The lowest BCUT2D eigenvalue weighted by Gasteiger charge is -2.20. The maximum Gasteiger partial charge on any atom is 0.189 e. The molecular formula is C21H18BrNO2. The molecule has 0 aliphatic rings. The van der Waals surface area contributed by atoms with Crippen LogP contribution in [-0.4, -0.2) is 12.9 Å². The first-order chi connectivity index (χ1) is 12.2. The standard InChI is InChI=1S/C21H18BrNO2/c1-25-19-13-9-15(10-14-19)20(23-18-5-3-2-4-6-18)21(24)16-7-11-17(22)12-8-16/h2-14,20,23H,1H3. The molecule has 126 valence electrons. The zero-order valence-electron chi connectivity index (χ0n) is 13.8. The number of benzene rings is 3. The average molecular weight is 396 g/mol. The Hall–Kier alpha value is -2.59. The molecule has 4 heteroatoms. The molecule has 0 spiro atoms. The smallest absolute Gasteiger partial charge is 0.189 e. The van der Waals surface area contributed by atoms with Gasteiger partial charge in [-0.25, -0.2) is 0 Å². The summed E-state index contributed by atoms with van der Waals surface area (Å²) in [6.45, 7) is 0. The first-order valence-corrected chi connectivity index (χ1v) is 8.72. The van der Waals surface area contributed by atoms with Crippen LogP contribution >= 0.6 is 15.9 Å². The number of nitrogens with one attached hydrogen (secondary N) is 1. The molecule has 0 aliphatic carbocycles. The van der Waals surface area contributed by atoms with Crippen molar-refractivity contribution in [3.63, 3.8) is 0 Å². The number of hydrogen-bond donors (Lipinski definition) is 1. The molecule has 0 radical (unpaired) electrons. The molecule has 0 aromatic heterocycles. The molecule has 1 N–H and O–H groups in total. The van der Waals surface area contributed by atoms with Gasteiger partial charge in [-0.1, -0.05) is 58.4 Å². The van der Waals surface area contributed by atoms with E-state index in [2.05, 4.69) is 21.2 Å². The van der Waals surface area contributed by atoms with Gasteiger partial charge in [0.25, 0.3) is 0 Å². The molecule has 0 bridgehead atoms. The highest BCUT2D eigenvalue weighted by Crippen LogP contribution is 2.26. The number of ether oxygens (including phenoxy) is 1. The van der Waals surface area contributed by atoms with Crippen molar-refractivity contribution in [1.82, 2.24) is 0 Å². The van der Waals surface area contributed by atoms with Crippen LogP contribution in [0.3, 0.4) is 0 Å². The summed E-state index contributed by atoms with van der Waals surface area (Å²) in [7, 11) is 1.63. The van der Waals surface area contributed by atoms with Gasteiger partial charge in [-0.2, -0.15) is 0 Å². The Morgan fingerprint density at radius 1 is 0.920 bits per heavy atom. The summed E-state index contributed by atoms with van der Waals surface area (Å²) in [5.41, 5.74) is 2.44. The van der Waals surface area contributed by atoms with Gasteiger partial charge in [0.15, 0.2) is 5.78 Å². The third-order valence-corrected chi connectivity index (χ3v) is 4.45. The zero-order chi connectivity index (χ0) is 17.6. The van der Waals surface area contributed by atoms with Gasteiger partial charge in [-0.3, -0.25) is 4.79 Å². The van der Waals surface area contributed by atoms with Crippen molar-refractivity contribution in [3.05, 3.63) is 94.5 Å². The number of para-hydroxylation sites is 1. The number of hydrogen-bond acceptors (Lipinski definition) is 3. The van der Waals surface area contributed by atoms with Crippen molar-refractivity contribution >= 4 is 27.4 Å². The van der Waals surface area contributed by atoms with Crippen molar-refractivity contribution in [2.24, 2.45) is 0 Å². The van der Waals surface area contributed by atoms with Crippen LogP contribution in [0.15, 0.2) is 83.3 Å². The van der Waals surface area contributed by atoms with Crippen LogP contribution < -0.4 is 10.1 Å². The molecule has 25 heavy (non-hydrogen) atoms. The summed E-state index contributed by atoms with van der Waals surface area (Å²) in [5.74, 6) is 0.778. The summed E-state index contributed by atoms with van der Waals surface area (Å²) < 4.78 is 6.16. The zero-order valence-corrected chi connectivity index (χ0v) is 15.4.